The summed E-state index contributed by atoms with van der Waals surface area (Å²) < 4.78 is 49.0. The highest BCUT2D eigenvalue weighted by molar-refractivity contribution is 7.94. The number of hydrogen-bond donors (Lipinski definition) is 0. The largest absolute Gasteiger partial charge is 0.335 e. The van der Waals surface area contributed by atoms with Crippen molar-refractivity contribution >= 4 is 37.4 Å². The summed E-state index contributed by atoms with van der Waals surface area (Å²) in [5.74, 6) is -1.05. The van der Waals surface area contributed by atoms with Gasteiger partial charge in [-0.3, -0.25) is 9.59 Å². The second-order valence-electron chi connectivity index (χ2n) is 7.90. The molecule has 10 heteroatoms. The normalized spacial score (nSPS) is 25.0. The molecule has 0 bridgehead atoms. The SMILES string of the molecule is CCN(C(=O)c1ccc(N2C(=O)C(C)(C)CS2(=O)=O)cc1)[C@@H]1CCS(=O)(=O)C1. The van der Waals surface area contributed by atoms with Gasteiger partial charge in [0.05, 0.1) is 28.4 Å². The van der Waals surface area contributed by atoms with Crippen molar-refractivity contribution in [3.63, 3.8) is 0 Å². The molecule has 2 heterocycles. The van der Waals surface area contributed by atoms with Gasteiger partial charge < -0.3 is 4.90 Å². The van der Waals surface area contributed by atoms with Crippen molar-refractivity contribution in [3.8, 4) is 0 Å². The van der Waals surface area contributed by atoms with Gasteiger partial charge in [-0.2, -0.15) is 0 Å². The van der Waals surface area contributed by atoms with Crippen LogP contribution in [-0.2, 0) is 24.7 Å². The Morgan fingerprint density at radius 1 is 1.18 bits per heavy atom. The van der Waals surface area contributed by atoms with Crippen molar-refractivity contribution in [2.75, 3.05) is 28.1 Å². The highest BCUT2D eigenvalue weighted by Crippen LogP contribution is 2.35. The number of carbonyl (C=O) groups excluding carboxylic acids is 2. The van der Waals surface area contributed by atoms with Gasteiger partial charge in [-0.1, -0.05) is 0 Å². The van der Waals surface area contributed by atoms with Crippen molar-refractivity contribution in [1.29, 1.82) is 0 Å². The van der Waals surface area contributed by atoms with Gasteiger partial charge in [0, 0.05) is 18.2 Å². The lowest BCUT2D eigenvalue weighted by Crippen LogP contribution is -2.41. The summed E-state index contributed by atoms with van der Waals surface area (Å²) >= 11 is 0. The summed E-state index contributed by atoms with van der Waals surface area (Å²) in [6.45, 7) is 5.32. The first-order valence-corrected chi connectivity index (χ1v) is 12.5. The fourth-order valence-electron chi connectivity index (χ4n) is 3.76. The van der Waals surface area contributed by atoms with Crippen LogP contribution >= 0.6 is 0 Å². The standard InChI is InChI=1S/C18H24N2O6S2/c1-4-19(15-9-10-27(23,24)11-15)16(21)13-5-7-14(8-6-13)20-17(22)18(2,3)12-28(20,25)26/h5-8,15H,4,9-12H2,1-3H3/t15-/m1/s1. The molecule has 0 saturated carbocycles. The predicted octanol–water partition coefficient (Wildman–Crippen LogP) is 1.04. The van der Waals surface area contributed by atoms with E-state index in [1.165, 1.54) is 29.2 Å². The van der Waals surface area contributed by atoms with Crippen molar-refractivity contribution in [2.45, 2.75) is 33.2 Å². The van der Waals surface area contributed by atoms with Crippen LogP contribution in [-0.4, -0.2) is 63.4 Å². The highest BCUT2D eigenvalue weighted by atomic mass is 32.2. The van der Waals surface area contributed by atoms with Crippen molar-refractivity contribution in [2.24, 2.45) is 5.41 Å². The minimum Gasteiger partial charge on any atom is -0.335 e. The number of amides is 2. The Bertz CT molecular complexity index is 1010. The molecule has 1 aromatic rings. The summed E-state index contributed by atoms with van der Waals surface area (Å²) in [7, 11) is -6.87. The molecule has 2 aliphatic heterocycles. The first-order chi connectivity index (χ1) is 12.9. The fraction of sp³-hybridized carbons (Fsp3) is 0.556. The Morgan fingerprint density at radius 2 is 1.79 bits per heavy atom. The molecule has 8 nitrogen and oxygen atoms in total. The van der Waals surface area contributed by atoms with E-state index in [-0.39, 0.29) is 34.9 Å². The lowest BCUT2D eigenvalue weighted by Gasteiger charge is -2.27. The lowest BCUT2D eigenvalue weighted by molar-refractivity contribution is -0.123. The molecule has 2 aliphatic rings. The Hall–Kier alpha value is -1.94. The second kappa shape index (κ2) is 6.84. The maximum absolute atomic E-state index is 12.8. The maximum atomic E-state index is 12.8. The monoisotopic (exact) mass is 428 g/mol. The molecule has 0 N–H and O–H groups in total. The van der Waals surface area contributed by atoms with E-state index in [1.54, 1.807) is 20.8 Å². The number of sulfonamides is 1. The number of nitrogens with zero attached hydrogens (tertiary/aromatic N) is 2. The molecule has 0 unspecified atom stereocenters. The van der Waals surface area contributed by atoms with Crippen LogP contribution in [0.5, 0.6) is 0 Å². The molecular formula is C18H24N2O6S2. The molecule has 0 spiro atoms. The first kappa shape index (κ1) is 20.8. The van der Waals surface area contributed by atoms with Gasteiger partial charge in [0.25, 0.3) is 5.91 Å². The maximum Gasteiger partial charge on any atom is 0.254 e. The molecular weight excluding hydrogens is 404 g/mol. The molecule has 3 rings (SSSR count). The number of hydrogen-bond acceptors (Lipinski definition) is 6. The summed E-state index contributed by atoms with van der Waals surface area (Å²) in [5, 5.41) is 0. The van der Waals surface area contributed by atoms with Crippen LogP contribution in [0.15, 0.2) is 24.3 Å². The smallest absolute Gasteiger partial charge is 0.254 e. The van der Waals surface area contributed by atoms with Crippen molar-refractivity contribution in [1.82, 2.24) is 4.90 Å². The van der Waals surface area contributed by atoms with Gasteiger partial charge >= 0.3 is 0 Å². The molecule has 2 fully saturated rings. The highest BCUT2D eigenvalue weighted by Gasteiger charge is 2.49. The molecule has 0 aromatic heterocycles. The van der Waals surface area contributed by atoms with Crippen molar-refractivity contribution in [3.05, 3.63) is 29.8 Å². The Labute approximate surface area is 165 Å². The molecule has 0 aliphatic carbocycles. The third-order valence-corrected chi connectivity index (χ3v) is 8.95. The summed E-state index contributed by atoms with van der Waals surface area (Å²) in [5.41, 5.74) is -0.489. The number of anilines is 1. The quantitative estimate of drug-likeness (QED) is 0.709. The zero-order valence-electron chi connectivity index (χ0n) is 16.1. The van der Waals surface area contributed by atoms with Gasteiger partial charge in [-0.25, -0.2) is 21.1 Å². The summed E-state index contributed by atoms with van der Waals surface area (Å²) in [6, 6.07) is 5.45. The molecule has 28 heavy (non-hydrogen) atoms. The average molecular weight is 429 g/mol. The van der Waals surface area contributed by atoms with Crippen LogP contribution < -0.4 is 4.31 Å². The van der Waals surface area contributed by atoms with E-state index in [0.29, 0.717) is 18.5 Å². The van der Waals surface area contributed by atoms with Crippen LogP contribution in [0.25, 0.3) is 0 Å². The van der Waals surface area contributed by atoms with Gasteiger partial charge in [0.2, 0.25) is 15.9 Å². The first-order valence-electron chi connectivity index (χ1n) is 9.07. The van der Waals surface area contributed by atoms with E-state index in [0.717, 1.165) is 4.31 Å². The average Bonchev–Trinajstić information content (AvgIpc) is 3.01. The fourth-order valence-corrected chi connectivity index (χ4v) is 7.59. The Balaban J connectivity index is 1.84. The predicted molar refractivity (Wildman–Crippen MR) is 105 cm³/mol. The van der Waals surface area contributed by atoms with E-state index >= 15 is 0 Å². The Morgan fingerprint density at radius 3 is 2.21 bits per heavy atom. The third kappa shape index (κ3) is 3.67. The van der Waals surface area contributed by atoms with E-state index in [1.807, 2.05) is 0 Å². The Kier molecular flexibility index (Phi) is 5.08. The number of benzene rings is 1. The van der Waals surface area contributed by atoms with Crippen LogP contribution in [0.1, 0.15) is 37.6 Å². The number of rotatable bonds is 4. The minimum atomic E-state index is -3.76. The van der Waals surface area contributed by atoms with Crippen molar-refractivity contribution < 1.29 is 26.4 Å². The number of sulfone groups is 1. The topological polar surface area (TPSA) is 109 Å². The molecule has 2 amide bonds. The van der Waals surface area contributed by atoms with Gasteiger partial charge in [-0.15, -0.1) is 0 Å². The van der Waals surface area contributed by atoms with E-state index in [2.05, 4.69) is 0 Å². The molecule has 154 valence electrons. The molecule has 1 atom stereocenters. The number of carbonyl (C=O) groups is 2. The van der Waals surface area contributed by atoms with E-state index in [9.17, 15) is 26.4 Å². The second-order valence-corrected chi connectivity index (χ2v) is 12.0. The summed E-state index contributed by atoms with van der Waals surface area (Å²) in [4.78, 5) is 26.8. The zero-order chi connectivity index (χ0) is 20.9. The molecule has 0 radical (unpaired) electrons. The summed E-state index contributed by atoms with van der Waals surface area (Å²) in [6.07, 6.45) is 0.412. The van der Waals surface area contributed by atoms with Gasteiger partial charge in [0.1, 0.15) is 0 Å². The van der Waals surface area contributed by atoms with Crippen LogP contribution in [0.2, 0.25) is 0 Å². The van der Waals surface area contributed by atoms with E-state index in [4.69, 9.17) is 0 Å². The van der Waals surface area contributed by atoms with Gasteiger partial charge in [0.15, 0.2) is 9.84 Å². The molecule has 1 aromatic carbocycles. The lowest BCUT2D eigenvalue weighted by atomic mass is 9.95. The third-order valence-electron chi connectivity index (χ3n) is 5.18. The van der Waals surface area contributed by atoms with Crippen LogP contribution in [0.4, 0.5) is 5.69 Å². The molecule has 2 saturated heterocycles. The van der Waals surface area contributed by atoms with Crippen LogP contribution in [0.3, 0.4) is 0 Å². The minimum absolute atomic E-state index is 0.0414. The van der Waals surface area contributed by atoms with Gasteiger partial charge in [-0.05, 0) is 51.5 Å². The zero-order valence-corrected chi connectivity index (χ0v) is 17.7. The van der Waals surface area contributed by atoms with Crippen LogP contribution in [0, 0.1) is 5.41 Å². The van der Waals surface area contributed by atoms with E-state index < -0.39 is 31.2 Å².